The highest BCUT2D eigenvalue weighted by molar-refractivity contribution is 5.89. The van der Waals surface area contributed by atoms with Gasteiger partial charge in [0.05, 0.1) is 11.0 Å². The molecule has 1 saturated heterocycles. The number of aromatic nitrogens is 4. The van der Waals surface area contributed by atoms with Crippen molar-refractivity contribution in [2.75, 3.05) is 23.7 Å². The van der Waals surface area contributed by atoms with Crippen LogP contribution in [0.25, 0.3) is 16.9 Å². The third-order valence-electron chi connectivity index (χ3n) is 7.07. The average molecular weight is 572 g/mol. The Hall–Kier alpha value is -4.67. The maximum atomic E-state index is 12.7. The minimum absolute atomic E-state index is 0.0333. The Morgan fingerprint density at radius 2 is 1.90 bits per heavy atom. The molecule has 2 amide bonds. The standard InChI is InChI=1S/C31H37N7O4/c1-21(23-11-8-16-37(18-23)30(40)41-19-22-9-6-5-7-10-22)34-28-32-15-14-27(36-28)38-20-33-25-17-24(12-13-26(25)38)35-29(39)42-31(2,3)4/h5-7,9-10,12-15,17,20-21,23H,8,11,16,18-19H2,1-4H3,(H,35,39)(H,32,34,36). The maximum Gasteiger partial charge on any atom is 0.412 e. The molecule has 0 bridgehead atoms. The highest BCUT2D eigenvalue weighted by Crippen LogP contribution is 2.24. The predicted octanol–water partition coefficient (Wildman–Crippen LogP) is 6.01. The number of hydrogen-bond donors (Lipinski definition) is 2. The van der Waals surface area contributed by atoms with E-state index in [1.165, 1.54) is 0 Å². The zero-order valence-corrected chi connectivity index (χ0v) is 24.4. The van der Waals surface area contributed by atoms with Crippen LogP contribution >= 0.6 is 0 Å². The van der Waals surface area contributed by atoms with E-state index in [-0.39, 0.29) is 24.7 Å². The Morgan fingerprint density at radius 3 is 2.69 bits per heavy atom. The first kappa shape index (κ1) is 28.8. The molecule has 1 aliphatic heterocycles. The molecule has 1 aliphatic rings. The topological polar surface area (TPSA) is 124 Å². The molecule has 2 aromatic heterocycles. The number of benzene rings is 2. The van der Waals surface area contributed by atoms with E-state index < -0.39 is 11.7 Å². The summed E-state index contributed by atoms with van der Waals surface area (Å²) in [6, 6.07) is 17.0. The second-order valence-electron chi connectivity index (χ2n) is 11.5. The number of nitrogens with zero attached hydrogens (tertiary/aromatic N) is 5. The molecule has 2 N–H and O–H groups in total. The van der Waals surface area contributed by atoms with E-state index in [0.29, 0.717) is 36.1 Å². The molecule has 11 heteroatoms. The van der Waals surface area contributed by atoms with Crippen molar-refractivity contribution >= 4 is 34.9 Å². The number of hydrogen-bond acceptors (Lipinski definition) is 8. The quantitative estimate of drug-likeness (QED) is 0.276. The third-order valence-corrected chi connectivity index (χ3v) is 7.07. The summed E-state index contributed by atoms with van der Waals surface area (Å²) in [7, 11) is 0. The number of piperidine rings is 1. The van der Waals surface area contributed by atoms with Gasteiger partial charge in [0.1, 0.15) is 24.4 Å². The second-order valence-corrected chi connectivity index (χ2v) is 11.5. The first-order valence-corrected chi connectivity index (χ1v) is 14.2. The molecule has 2 atom stereocenters. The Morgan fingerprint density at radius 1 is 1.10 bits per heavy atom. The van der Waals surface area contributed by atoms with E-state index in [9.17, 15) is 9.59 Å². The molecule has 42 heavy (non-hydrogen) atoms. The van der Waals surface area contributed by atoms with Crippen molar-refractivity contribution in [3.8, 4) is 5.82 Å². The fraction of sp³-hybridized carbons (Fsp3) is 0.387. The predicted molar refractivity (Wildman–Crippen MR) is 161 cm³/mol. The van der Waals surface area contributed by atoms with E-state index in [4.69, 9.17) is 14.5 Å². The lowest BCUT2D eigenvalue weighted by molar-refractivity contribution is 0.0635. The molecule has 3 heterocycles. The van der Waals surface area contributed by atoms with Crippen LogP contribution in [0.15, 0.2) is 67.1 Å². The fourth-order valence-electron chi connectivity index (χ4n) is 4.96. The number of rotatable bonds is 7. The zero-order valence-electron chi connectivity index (χ0n) is 24.4. The SMILES string of the molecule is CC(Nc1nccc(-n2cnc3cc(NC(=O)OC(C)(C)C)ccc32)n1)C1CCCN(C(=O)OCc2ccccc2)C1. The van der Waals surface area contributed by atoms with Gasteiger partial charge in [-0.25, -0.2) is 19.6 Å². The number of anilines is 2. The van der Waals surface area contributed by atoms with Crippen LogP contribution in [0.1, 0.15) is 46.1 Å². The normalized spacial score (nSPS) is 16.1. The Kier molecular flexibility index (Phi) is 8.56. The van der Waals surface area contributed by atoms with Crippen LogP contribution in [-0.4, -0.2) is 61.3 Å². The Labute approximate surface area is 245 Å². The third kappa shape index (κ3) is 7.34. The van der Waals surface area contributed by atoms with Crippen LogP contribution in [0, 0.1) is 5.92 Å². The first-order valence-electron chi connectivity index (χ1n) is 14.2. The highest BCUT2D eigenvalue weighted by atomic mass is 16.6. The molecule has 0 radical (unpaired) electrons. The summed E-state index contributed by atoms with van der Waals surface area (Å²) < 4.78 is 12.8. The number of carbonyl (C=O) groups is 2. The average Bonchev–Trinajstić information content (AvgIpc) is 3.39. The van der Waals surface area contributed by atoms with E-state index in [1.807, 2.05) is 67.8 Å². The van der Waals surface area contributed by atoms with Gasteiger partial charge in [-0.05, 0) is 76.3 Å². The Bertz CT molecular complexity index is 1530. The molecule has 0 aliphatic carbocycles. The smallest absolute Gasteiger partial charge is 0.412 e. The van der Waals surface area contributed by atoms with E-state index >= 15 is 0 Å². The molecule has 2 unspecified atom stereocenters. The van der Waals surface area contributed by atoms with Crippen LogP contribution in [0.2, 0.25) is 0 Å². The monoisotopic (exact) mass is 571 g/mol. The van der Waals surface area contributed by atoms with Crippen molar-refractivity contribution < 1.29 is 19.1 Å². The second kappa shape index (κ2) is 12.5. The van der Waals surface area contributed by atoms with Gasteiger partial charge in [-0.15, -0.1) is 0 Å². The summed E-state index contributed by atoms with van der Waals surface area (Å²) in [4.78, 5) is 40.3. The lowest BCUT2D eigenvalue weighted by Crippen LogP contribution is -2.45. The highest BCUT2D eigenvalue weighted by Gasteiger charge is 2.28. The lowest BCUT2D eigenvalue weighted by Gasteiger charge is -2.35. The lowest BCUT2D eigenvalue weighted by atomic mass is 9.92. The Balaban J connectivity index is 1.21. The van der Waals surface area contributed by atoms with Crippen LogP contribution in [0.4, 0.5) is 21.2 Å². The summed E-state index contributed by atoms with van der Waals surface area (Å²) in [5, 5.41) is 6.18. The summed E-state index contributed by atoms with van der Waals surface area (Å²) in [6.45, 7) is 9.09. The minimum Gasteiger partial charge on any atom is -0.445 e. The van der Waals surface area contributed by atoms with Gasteiger partial charge in [0.2, 0.25) is 5.95 Å². The van der Waals surface area contributed by atoms with E-state index in [0.717, 1.165) is 23.9 Å². The summed E-state index contributed by atoms with van der Waals surface area (Å²) in [6.07, 6.45) is 4.48. The molecule has 220 valence electrons. The van der Waals surface area contributed by atoms with Crippen molar-refractivity contribution in [1.29, 1.82) is 0 Å². The molecule has 5 rings (SSSR count). The van der Waals surface area contributed by atoms with Gasteiger partial charge >= 0.3 is 12.2 Å². The molecule has 1 fully saturated rings. The number of nitrogens with one attached hydrogen (secondary N) is 2. The first-order chi connectivity index (χ1) is 20.1. The molecular weight excluding hydrogens is 534 g/mol. The summed E-state index contributed by atoms with van der Waals surface area (Å²) >= 11 is 0. The van der Waals surface area contributed by atoms with Gasteiger partial charge in [0, 0.05) is 31.0 Å². The van der Waals surface area contributed by atoms with Crippen molar-refractivity contribution in [2.45, 2.75) is 58.8 Å². The van der Waals surface area contributed by atoms with Crippen molar-refractivity contribution in [3.63, 3.8) is 0 Å². The van der Waals surface area contributed by atoms with Crippen LogP contribution in [0.5, 0.6) is 0 Å². The van der Waals surface area contributed by atoms with Crippen LogP contribution in [-0.2, 0) is 16.1 Å². The van der Waals surface area contributed by atoms with Crippen LogP contribution < -0.4 is 10.6 Å². The zero-order chi connectivity index (χ0) is 29.7. The number of fused-ring (bicyclic) bond motifs is 1. The minimum atomic E-state index is -0.587. The van der Waals surface area contributed by atoms with Gasteiger partial charge in [-0.2, -0.15) is 4.98 Å². The largest absolute Gasteiger partial charge is 0.445 e. The van der Waals surface area contributed by atoms with Crippen molar-refractivity contribution in [1.82, 2.24) is 24.4 Å². The fourth-order valence-corrected chi connectivity index (χ4v) is 4.96. The summed E-state index contributed by atoms with van der Waals surface area (Å²) in [5.41, 5.74) is 2.50. The molecule has 4 aromatic rings. The number of carbonyl (C=O) groups excluding carboxylic acids is 2. The molecular formula is C31H37N7O4. The number of amides is 2. The van der Waals surface area contributed by atoms with Gasteiger partial charge in [0.25, 0.3) is 0 Å². The van der Waals surface area contributed by atoms with E-state index in [2.05, 4.69) is 27.5 Å². The van der Waals surface area contributed by atoms with Gasteiger partial charge in [-0.1, -0.05) is 30.3 Å². The molecule has 0 saturated carbocycles. The van der Waals surface area contributed by atoms with Crippen LogP contribution in [0.3, 0.4) is 0 Å². The maximum absolute atomic E-state index is 12.7. The number of ether oxygens (including phenoxy) is 2. The molecule has 11 nitrogen and oxygen atoms in total. The van der Waals surface area contributed by atoms with Gasteiger partial charge < -0.3 is 19.7 Å². The van der Waals surface area contributed by atoms with Gasteiger partial charge in [0.15, 0.2) is 0 Å². The molecule has 0 spiro atoms. The van der Waals surface area contributed by atoms with Crippen molar-refractivity contribution in [3.05, 3.63) is 72.7 Å². The van der Waals surface area contributed by atoms with E-state index in [1.54, 1.807) is 29.6 Å². The number of likely N-dealkylation sites (tertiary alicyclic amines) is 1. The number of imidazole rings is 1. The molecule has 2 aromatic carbocycles. The summed E-state index contributed by atoms with van der Waals surface area (Å²) in [5.74, 6) is 1.37. The van der Waals surface area contributed by atoms with Crippen molar-refractivity contribution in [2.24, 2.45) is 5.92 Å². The van der Waals surface area contributed by atoms with Gasteiger partial charge in [-0.3, -0.25) is 9.88 Å².